The van der Waals surface area contributed by atoms with E-state index in [9.17, 15) is 4.79 Å². The molecule has 0 spiro atoms. The number of rotatable bonds is 3. The number of hydrogen-bond donors (Lipinski definition) is 1. The van der Waals surface area contributed by atoms with Crippen molar-refractivity contribution in [3.8, 4) is 0 Å². The Balaban J connectivity index is 1.69. The normalized spacial score (nSPS) is 29.5. The van der Waals surface area contributed by atoms with Crippen LogP contribution in [0, 0.1) is 12.8 Å². The number of carbonyl (C=O) groups excluding carboxylic acids is 1. The first-order chi connectivity index (χ1) is 10.1. The highest BCUT2D eigenvalue weighted by molar-refractivity contribution is 5.70. The van der Waals surface area contributed by atoms with Gasteiger partial charge in [-0.25, -0.2) is 4.79 Å². The van der Waals surface area contributed by atoms with Crippen molar-refractivity contribution in [1.29, 1.82) is 0 Å². The fourth-order valence-electron chi connectivity index (χ4n) is 3.48. The van der Waals surface area contributed by atoms with Gasteiger partial charge in [-0.15, -0.1) is 0 Å². The lowest BCUT2D eigenvalue weighted by Crippen LogP contribution is -2.46. The lowest BCUT2D eigenvalue weighted by molar-refractivity contribution is 0.0121. The minimum Gasteiger partial charge on any atom is -0.441 e. The van der Waals surface area contributed by atoms with Crippen LogP contribution in [0.3, 0.4) is 0 Å². The Morgan fingerprint density at radius 1 is 1.48 bits per heavy atom. The molecule has 1 aromatic carbocycles. The molecule has 114 valence electrons. The second-order valence-electron chi connectivity index (χ2n) is 6.57. The summed E-state index contributed by atoms with van der Waals surface area (Å²) < 4.78 is 5.75. The Hall–Kier alpha value is -1.55. The third-order valence-corrected chi connectivity index (χ3v) is 4.70. The molecule has 21 heavy (non-hydrogen) atoms. The van der Waals surface area contributed by atoms with Crippen molar-refractivity contribution in [2.75, 3.05) is 19.6 Å². The fraction of sp³-hybridized carbons (Fsp3) is 0.588. The molecule has 1 amide bonds. The summed E-state index contributed by atoms with van der Waals surface area (Å²) >= 11 is 0. The van der Waals surface area contributed by atoms with Gasteiger partial charge in [0.05, 0.1) is 6.54 Å². The summed E-state index contributed by atoms with van der Waals surface area (Å²) in [7, 11) is 0. The first-order valence-corrected chi connectivity index (χ1v) is 7.81. The quantitative estimate of drug-likeness (QED) is 0.930. The molecule has 2 heterocycles. The minimum absolute atomic E-state index is 0.176. The van der Waals surface area contributed by atoms with Crippen LogP contribution < -0.4 is 5.32 Å². The van der Waals surface area contributed by atoms with Crippen molar-refractivity contribution in [3.05, 3.63) is 35.4 Å². The van der Waals surface area contributed by atoms with Crippen molar-refractivity contribution >= 4 is 6.09 Å². The Morgan fingerprint density at radius 3 is 3.05 bits per heavy atom. The van der Waals surface area contributed by atoms with Crippen LogP contribution in [-0.2, 0) is 11.3 Å². The number of ether oxygens (including phenoxy) is 1. The predicted molar refractivity (Wildman–Crippen MR) is 82.1 cm³/mol. The van der Waals surface area contributed by atoms with Gasteiger partial charge in [0.1, 0.15) is 5.60 Å². The largest absolute Gasteiger partial charge is 0.441 e. The van der Waals surface area contributed by atoms with Crippen molar-refractivity contribution in [3.63, 3.8) is 0 Å². The van der Waals surface area contributed by atoms with E-state index in [0.717, 1.165) is 31.5 Å². The molecule has 1 aromatic rings. The summed E-state index contributed by atoms with van der Waals surface area (Å²) in [5, 5.41) is 3.41. The molecule has 0 radical (unpaired) electrons. The van der Waals surface area contributed by atoms with Gasteiger partial charge in [-0.2, -0.15) is 0 Å². The highest BCUT2D eigenvalue weighted by atomic mass is 16.6. The van der Waals surface area contributed by atoms with E-state index in [2.05, 4.69) is 37.4 Å². The highest BCUT2D eigenvalue weighted by Crippen LogP contribution is 2.34. The highest BCUT2D eigenvalue weighted by Gasteiger charge is 2.46. The average molecular weight is 288 g/mol. The van der Waals surface area contributed by atoms with Gasteiger partial charge >= 0.3 is 6.09 Å². The maximum absolute atomic E-state index is 12.2. The molecule has 2 atom stereocenters. The lowest BCUT2D eigenvalue weighted by Gasteiger charge is -2.34. The van der Waals surface area contributed by atoms with Gasteiger partial charge < -0.3 is 10.1 Å². The third-order valence-electron chi connectivity index (χ3n) is 4.70. The first-order valence-electron chi connectivity index (χ1n) is 7.81. The van der Waals surface area contributed by atoms with Crippen LogP contribution in [-0.4, -0.2) is 36.2 Å². The van der Waals surface area contributed by atoms with Crippen LogP contribution in [0.1, 0.15) is 30.9 Å². The zero-order valence-corrected chi connectivity index (χ0v) is 12.9. The standard InChI is InChI=1S/C17H24N2O2/c1-13-5-3-6-14(9-13)11-19-12-17(2,21-16(19)20)15-7-4-8-18-10-15/h3,5-6,9,15,18H,4,7-8,10-12H2,1-2H3. The van der Waals surface area contributed by atoms with Crippen LogP contribution in [0.15, 0.2) is 24.3 Å². The topological polar surface area (TPSA) is 41.6 Å². The number of benzene rings is 1. The van der Waals surface area contributed by atoms with Crippen LogP contribution >= 0.6 is 0 Å². The van der Waals surface area contributed by atoms with Crippen molar-refractivity contribution in [2.24, 2.45) is 5.92 Å². The molecule has 1 N–H and O–H groups in total. The summed E-state index contributed by atoms with van der Waals surface area (Å²) in [6, 6.07) is 8.31. The Bertz CT molecular complexity index is 525. The molecular formula is C17H24N2O2. The maximum Gasteiger partial charge on any atom is 0.410 e. The minimum atomic E-state index is -0.353. The summed E-state index contributed by atoms with van der Waals surface area (Å²) in [6.45, 7) is 7.50. The van der Waals surface area contributed by atoms with E-state index in [1.807, 2.05) is 11.0 Å². The van der Waals surface area contributed by atoms with Crippen molar-refractivity contribution < 1.29 is 9.53 Å². The molecule has 0 bridgehead atoms. The van der Waals surface area contributed by atoms with Gasteiger partial charge in [-0.3, -0.25) is 4.90 Å². The van der Waals surface area contributed by atoms with E-state index < -0.39 is 0 Å². The zero-order valence-electron chi connectivity index (χ0n) is 12.9. The maximum atomic E-state index is 12.2. The molecular weight excluding hydrogens is 264 g/mol. The monoisotopic (exact) mass is 288 g/mol. The summed E-state index contributed by atoms with van der Waals surface area (Å²) in [4.78, 5) is 14.0. The van der Waals surface area contributed by atoms with Gasteiger partial charge in [0.15, 0.2) is 0 Å². The molecule has 2 unspecified atom stereocenters. The summed E-state index contributed by atoms with van der Waals surface area (Å²) in [5.74, 6) is 0.415. The SMILES string of the molecule is Cc1cccc(CN2CC(C)(C3CCCNC3)OC2=O)c1. The number of aryl methyl sites for hydroxylation is 1. The molecule has 4 heteroatoms. The molecule has 2 aliphatic rings. The number of nitrogens with zero attached hydrogens (tertiary/aromatic N) is 1. The van der Waals surface area contributed by atoms with E-state index in [4.69, 9.17) is 4.74 Å². The predicted octanol–water partition coefficient (Wildman–Crippen LogP) is 2.71. The number of cyclic esters (lactones) is 1. The molecule has 0 saturated carbocycles. The van der Waals surface area contributed by atoms with Gasteiger partial charge in [0.25, 0.3) is 0 Å². The first kappa shape index (κ1) is 14.4. The molecule has 0 aromatic heterocycles. The molecule has 0 aliphatic carbocycles. The van der Waals surface area contributed by atoms with Crippen molar-refractivity contribution in [1.82, 2.24) is 10.2 Å². The molecule has 2 saturated heterocycles. The van der Waals surface area contributed by atoms with Crippen LogP contribution in [0.5, 0.6) is 0 Å². The van der Waals surface area contributed by atoms with E-state index in [1.54, 1.807) is 0 Å². The number of nitrogens with one attached hydrogen (secondary N) is 1. The zero-order chi connectivity index (χ0) is 14.9. The molecule has 4 nitrogen and oxygen atoms in total. The van der Waals surface area contributed by atoms with Crippen LogP contribution in [0.4, 0.5) is 4.79 Å². The smallest absolute Gasteiger partial charge is 0.410 e. The summed E-state index contributed by atoms with van der Waals surface area (Å²) in [5.41, 5.74) is 2.03. The van der Waals surface area contributed by atoms with Gasteiger partial charge in [-0.05, 0) is 38.8 Å². The lowest BCUT2D eigenvalue weighted by atomic mass is 9.83. The van der Waals surface area contributed by atoms with Crippen LogP contribution in [0.2, 0.25) is 0 Å². The van der Waals surface area contributed by atoms with Crippen LogP contribution in [0.25, 0.3) is 0 Å². The Labute approximate surface area is 126 Å². The number of amides is 1. The van der Waals surface area contributed by atoms with Gasteiger partial charge in [-0.1, -0.05) is 29.8 Å². The van der Waals surface area contributed by atoms with E-state index in [0.29, 0.717) is 19.0 Å². The third kappa shape index (κ3) is 3.05. The van der Waals surface area contributed by atoms with Gasteiger partial charge in [0, 0.05) is 19.0 Å². The fourth-order valence-corrected chi connectivity index (χ4v) is 3.48. The average Bonchev–Trinajstić information content (AvgIpc) is 2.76. The van der Waals surface area contributed by atoms with E-state index >= 15 is 0 Å². The van der Waals surface area contributed by atoms with Crippen molar-refractivity contribution in [2.45, 2.75) is 38.8 Å². The Morgan fingerprint density at radius 2 is 2.33 bits per heavy atom. The molecule has 2 fully saturated rings. The Kier molecular flexibility index (Phi) is 3.89. The van der Waals surface area contributed by atoms with E-state index in [-0.39, 0.29) is 11.7 Å². The summed E-state index contributed by atoms with van der Waals surface area (Å²) in [6.07, 6.45) is 2.12. The van der Waals surface area contributed by atoms with Gasteiger partial charge in [0.2, 0.25) is 0 Å². The second kappa shape index (κ2) is 5.68. The number of hydrogen-bond acceptors (Lipinski definition) is 3. The number of carbonyl (C=O) groups is 1. The second-order valence-corrected chi connectivity index (χ2v) is 6.57. The molecule has 2 aliphatic heterocycles. The van der Waals surface area contributed by atoms with E-state index in [1.165, 1.54) is 5.56 Å². The molecule has 3 rings (SSSR count). The number of piperidine rings is 1.